The van der Waals surface area contributed by atoms with E-state index in [9.17, 15) is 9.90 Å². The van der Waals surface area contributed by atoms with E-state index in [0.29, 0.717) is 5.92 Å². The number of H-pyrrole nitrogens is 1. The molecule has 0 aliphatic rings. The van der Waals surface area contributed by atoms with Crippen LogP contribution in [0.3, 0.4) is 0 Å². The largest absolute Gasteiger partial charge is 0.481 e. The number of aromatic amines is 1. The zero-order chi connectivity index (χ0) is 17.3. The van der Waals surface area contributed by atoms with Gasteiger partial charge in [0, 0.05) is 10.9 Å². The molecule has 3 nitrogen and oxygen atoms in total. The molecule has 24 heavy (non-hydrogen) atoms. The minimum Gasteiger partial charge on any atom is -0.481 e. The van der Waals surface area contributed by atoms with Crippen LogP contribution in [-0.2, 0) is 17.6 Å². The molecule has 2 N–H and O–H groups in total. The molecular weight excluding hydrogens is 298 g/mol. The average Bonchev–Trinajstić information content (AvgIpc) is 2.92. The fraction of sp³-hybridized carbons (Fsp3) is 0.286. The third-order valence-corrected chi connectivity index (χ3v) is 4.58. The molecule has 1 heterocycles. The van der Waals surface area contributed by atoms with Crippen LogP contribution in [0.5, 0.6) is 0 Å². The standard InChI is InChI=1S/C21H23NO2/c1-4-14-5-7-15(8-6-14)21-18(12-20(23)24)17-11-16(13(2)3)9-10-19(17)22-21/h5-11,13,22H,4,12H2,1-3H3,(H,23,24). The summed E-state index contributed by atoms with van der Waals surface area (Å²) in [5.41, 5.74) is 6.30. The first-order valence-electron chi connectivity index (χ1n) is 8.45. The summed E-state index contributed by atoms with van der Waals surface area (Å²) < 4.78 is 0. The highest BCUT2D eigenvalue weighted by atomic mass is 16.4. The number of carboxylic acids is 1. The lowest BCUT2D eigenvalue weighted by Crippen LogP contribution is -2.01. The Morgan fingerprint density at radius 1 is 1.12 bits per heavy atom. The summed E-state index contributed by atoms with van der Waals surface area (Å²) in [7, 11) is 0. The van der Waals surface area contributed by atoms with Crippen molar-refractivity contribution in [1.29, 1.82) is 0 Å². The molecule has 0 radical (unpaired) electrons. The van der Waals surface area contributed by atoms with E-state index in [1.807, 2.05) is 0 Å². The molecule has 0 spiro atoms. The first-order chi connectivity index (χ1) is 11.5. The molecule has 0 atom stereocenters. The van der Waals surface area contributed by atoms with Crippen molar-refractivity contribution in [2.24, 2.45) is 0 Å². The number of rotatable bonds is 5. The van der Waals surface area contributed by atoms with Crippen LogP contribution in [0.15, 0.2) is 42.5 Å². The summed E-state index contributed by atoms with van der Waals surface area (Å²) >= 11 is 0. The molecule has 2 aromatic carbocycles. The van der Waals surface area contributed by atoms with Crippen molar-refractivity contribution in [3.8, 4) is 11.3 Å². The van der Waals surface area contributed by atoms with Gasteiger partial charge in [0.15, 0.2) is 0 Å². The highest BCUT2D eigenvalue weighted by Crippen LogP contribution is 2.33. The monoisotopic (exact) mass is 321 g/mol. The Bertz CT molecular complexity index is 873. The fourth-order valence-electron chi connectivity index (χ4n) is 3.11. The van der Waals surface area contributed by atoms with Gasteiger partial charge in [-0.2, -0.15) is 0 Å². The maximum absolute atomic E-state index is 11.4. The highest BCUT2D eigenvalue weighted by Gasteiger charge is 2.16. The second-order valence-corrected chi connectivity index (χ2v) is 6.56. The van der Waals surface area contributed by atoms with Crippen LogP contribution in [0, 0.1) is 0 Å². The van der Waals surface area contributed by atoms with Crippen LogP contribution in [0.4, 0.5) is 0 Å². The number of aryl methyl sites for hydroxylation is 1. The van der Waals surface area contributed by atoms with Gasteiger partial charge in [0.25, 0.3) is 0 Å². The number of aromatic nitrogens is 1. The fourth-order valence-corrected chi connectivity index (χ4v) is 3.11. The van der Waals surface area contributed by atoms with Crippen molar-refractivity contribution < 1.29 is 9.90 Å². The van der Waals surface area contributed by atoms with Gasteiger partial charge in [0.1, 0.15) is 0 Å². The van der Waals surface area contributed by atoms with E-state index in [1.54, 1.807) is 0 Å². The molecule has 0 saturated carbocycles. The minimum absolute atomic E-state index is 0.0202. The molecular formula is C21H23NO2. The lowest BCUT2D eigenvalue weighted by atomic mass is 9.97. The third-order valence-electron chi connectivity index (χ3n) is 4.58. The molecule has 3 aromatic rings. The zero-order valence-corrected chi connectivity index (χ0v) is 14.4. The maximum atomic E-state index is 11.4. The van der Waals surface area contributed by atoms with Crippen LogP contribution in [0.1, 0.15) is 43.4 Å². The Kier molecular flexibility index (Phi) is 4.43. The first kappa shape index (κ1) is 16.3. The second kappa shape index (κ2) is 6.52. The van der Waals surface area contributed by atoms with Crippen LogP contribution in [0.2, 0.25) is 0 Å². The van der Waals surface area contributed by atoms with Gasteiger partial charge in [-0.3, -0.25) is 4.79 Å². The summed E-state index contributed by atoms with van der Waals surface area (Å²) in [6.45, 7) is 6.42. The number of fused-ring (bicyclic) bond motifs is 1. The number of nitrogens with one attached hydrogen (secondary N) is 1. The van der Waals surface area contributed by atoms with Crippen molar-refractivity contribution in [3.05, 3.63) is 59.2 Å². The van der Waals surface area contributed by atoms with E-state index in [0.717, 1.165) is 34.1 Å². The van der Waals surface area contributed by atoms with E-state index in [4.69, 9.17) is 0 Å². The summed E-state index contributed by atoms with van der Waals surface area (Å²) in [6, 6.07) is 14.6. The minimum atomic E-state index is -0.808. The van der Waals surface area contributed by atoms with Gasteiger partial charge in [-0.15, -0.1) is 0 Å². The average molecular weight is 321 g/mol. The van der Waals surface area contributed by atoms with Crippen LogP contribution >= 0.6 is 0 Å². The number of aliphatic carboxylic acids is 1. The van der Waals surface area contributed by atoms with E-state index >= 15 is 0 Å². The zero-order valence-electron chi connectivity index (χ0n) is 14.4. The van der Waals surface area contributed by atoms with Crippen LogP contribution in [-0.4, -0.2) is 16.1 Å². The van der Waals surface area contributed by atoms with Gasteiger partial charge < -0.3 is 10.1 Å². The Hall–Kier alpha value is -2.55. The summed E-state index contributed by atoms with van der Waals surface area (Å²) in [4.78, 5) is 14.8. The summed E-state index contributed by atoms with van der Waals surface area (Å²) in [6.07, 6.45) is 1.01. The van der Waals surface area contributed by atoms with Crippen molar-refractivity contribution in [2.45, 2.75) is 39.5 Å². The maximum Gasteiger partial charge on any atom is 0.307 e. The van der Waals surface area contributed by atoms with E-state index < -0.39 is 5.97 Å². The Labute approximate surface area is 142 Å². The van der Waals surface area contributed by atoms with E-state index in [-0.39, 0.29) is 6.42 Å². The number of hydrogen-bond donors (Lipinski definition) is 2. The molecule has 0 amide bonds. The van der Waals surface area contributed by atoms with Gasteiger partial charge >= 0.3 is 5.97 Å². The molecule has 0 aliphatic carbocycles. The molecule has 124 valence electrons. The third kappa shape index (κ3) is 3.07. The number of carbonyl (C=O) groups is 1. The molecule has 0 unspecified atom stereocenters. The predicted molar refractivity (Wildman–Crippen MR) is 98.5 cm³/mol. The SMILES string of the molecule is CCc1ccc(-c2[nH]c3ccc(C(C)C)cc3c2CC(=O)O)cc1. The summed E-state index contributed by atoms with van der Waals surface area (Å²) in [5, 5.41) is 10.4. The second-order valence-electron chi connectivity index (χ2n) is 6.56. The molecule has 0 fully saturated rings. The lowest BCUT2D eigenvalue weighted by molar-refractivity contribution is -0.136. The van der Waals surface area contributed by atoms with Gasteiger partial charge in [0.2, 0.25) is 0 Å². The first-order valence-corrected chi connectivity index (χ1v) is 8.45. The molecule has 1 aromatic heterocycles. The molecule has 0 aliphatic heterocycles. The topological polar surface area (TPSA) is 53.1 Å². The van der Waals surface area contributed by atoms with Crippen molar-refractivity contribution in [2.75, 3.05) is 0 Å². The molecule has 3 rings (SSSR count). The quantitative estimate of drug-likeness (QED) is 0.683. The van der Waals surface area contributed by atoms with Crippen molar-refractivity contribution >= 4 is 16.9 Å². The lowest BCUT2D eigenvalue weighted by Gasteiger charge is -2.06. The number of benzene rings is 2. The van der Waals surface area contributed by atoms with Gasteiger partial charge in [-0.1, -0.05) is 51.1 Å². The highest BCUT2D eigenvalue weighted by molar-refractivity contribution is 5.94. The normalized spacial score (nSPS) is 11.3. The van der Waals surface area contributed by atoms with Gasteiger partial charge in [-0.25, -0.2) is 0 Å². The summed E-state index contributed by atoms with van der Waals surface area (Å²) in [5.74, 6) is -0.397. The Balaban J connectivity index is 2.19. The molecule has 3 heteroatoms. The molecule has 0 bridgehead atoms. The van der Waals surface area contributed by atoms with Crippen molar-refractivity contribution in [3.63, 3.8) is 0 Å². The number of hydrogen-bond acceptors (Lipinski definition) is 1. The van der Waals surface area contributed by atoms with Gasteiger partial charge in [0.05, 0.1) is 12.1 Å². The Morgan fingerprint density at radius 2 is 1.83 bits per heavy atom. The Morgan fingerprint density at radius 3 is 2.42 bits per heavy atom. The smallest absolute Gasteiger partial charge is 0.307 e. The van der Waals surface area contributed by atoms with E-state index in [2.05, 4.69) is 68.2 Å². The van der Waals surface area contributed by atoms with Gasteiger partial charge in [-0.05, 0) is 46.7 Å². The molecule has 0 saturated heterocycles. The van der Waals surface area contributed by atoms with Crippen LogP contribution < -0.4 is 0 Å². The predicted octanol–water partition coefficient (Wildman–Crippen LogP) is 5.15. The number of carboxylic acid groups (broad SMARTS) is 1. The van der Waals surface area contributed by atoms with Crippen LogP contribution in [0.25, 0.3) is 22.2 Å². The van der Waals surface area contributed by atoms with Crippen molar-refractivity contribution in [1.82, 2.24) is 4.98 Å². The van der Waals surface area contributed by atoms with E-state index in [1.165, 1.54) is 11.1 Å².